The number of hydrogen-bond acceptors (Lipinski definition) is 2. The van der Waals surface area contributed by atoms with Gasteiger partial charge in [0.25, 0.3) is 0 Å². The third-order valence-electron chi connectivity index (χ3n) is 1.16. The fourth-order valence-corrected chi connectivity index (χ4v) is 0.589. The zero-order chi connectivity index (χ0) is 7.11. The van der Waals surface area contributed by atoms with Gasteiger partial charge in [-0.1, -0.05) is 6.08 Å². The van der Waals surface area contributed by atoms with Crippen molar-refractivity contribution < 1.29 is 10.2 Å². The Kier molecular flexibility index (Phi) is 5.57. The predicted molar refractivity (Wildman–Crippen MR) is 37.1 cm³/mol. The highest BCUT2D eigenvalue weighted by Crippen LogP contribution is 1.99. The van der Waals surface area contributed by atoms with Crippen LogP contribution in [0.3, 0.4) is 0 Å². The Labute approximate surface area is 55.8 Å². The fraction of sp³-hybridized carbons (Fsp3) is 0.714. The van der Waals surface area contributed by atoms with Gasteiger partial charge in [-0.2, -0.15) is 0 Å². The first-order valence-electron chi connectivity index (χ1n) is 3.21. The largest absolute Gasteiger partial charge is 0.394 e. The van der Waals surface area contributed by atoms with Gasteiger partial charge in [-0.05, 0) is 19.3 Å². The number of hydrogen-bond donors (Lipinski definition) is 2. The molecule has 0 aromatic rings. The number of aliphatic hydroxyl groups is 2. The smallest absolute Gasteiger partial charge is 0.0771 e. The summed E-state index contributed by atoms with van der Waals surface area (Å²) in [6.07, 6.45) is 3.76. The van der Waals surface area contributed by atoms with Crippen LogP contribution in [0.1, 0.15) is 19.3 Å². The van der Waals surface area contributed by atoms with E-state index in [0.29, 0.717) is 6.42 Å². The topological polar surface area (TPSA) is 40.5 Å². The molecule has 0 aromatic carbocycles. The van der Waals surface area contributed by atoms with Crippen LogP contribution in [0.25, 0.3) is 0 Å². The van der Waals surface area contributed by atoms with Crippen molar-refractivity contribution in [2.24, 2.45) is 0 Å². The third-order valence-corrected chi connectivity index (χ3v) is 1.16. The molecule has 0 saturated heterocycles. The van der Waals surface area contributed by atoms with Crippen LogP contribution in [0.2, 0.25) is 0 Å². The zero-order valence-electron chi connectivity index (χ0n) is 5.58. The van der Waals surface area contributed by atoms with Crippen molar-refractivity contribution in [2.75, 3.05) is 6.61 Å². The molecule has 0 bridgehead atoms. The highest BCUT2D eigenvalue weighted by atomic mass is 16.3. The van der Waals surface area contributed by atoms with Crippen LogP contribution in [0, 0.1) is 0 Å². The van der Waals surface area contributed by atoms with Crippen LogP contribution in [0.15, 0.2) is 12.7 Å². The average Bonchev–Trinajstić information content (AvgIpc) is 1.89. The summed E-state index contributed by atoms with van der Waals surface area (Å²) in [5.74, 6) is 0. The van der Waals surface area contributed by atoms with Crippen molar-refractivity contribution in [3.63, 3.8) is 0 Å². The molecular weight excluding hydrogens is 116 g/mol. The lowest BCUT2D eigenvalue weighted by Gasteiger charge is -2.03. The van der Waals surface area contributed by atoms with Gasteiger partial charge >= 0.3 is 0 Å². The maximum Gasteiger partial charge on any atom is 0.0771 e. The molecule has 0 aliphatic rings. The average molecular weight is 130 g/mol. The molecule has 1 atom stereocenters. The van der Waals surface area contributed by atoms with E-state index >= 15 is 0 Å². The minimum Gasteiger partial charge on any atom is -0.394 e. The first-order valence-corrected chi connectivity index (χ1v) is 3.21. The van der Waals surface area contributed by atoms with E-state index in [-0.39, 0.29) is 6.61 Å². The van der Waals surface area contributed by atoms with E-state index < -0.39 is 6.10 Å². The van der Waals surface area contributed by atoms with Crippen molar-refractivity contribution in [3.8, 4) is 0 Å². The van der Waals surface area contributed by atoms with Gasteiger partial charge in [-0.25, -0.2) is 0 Å². The molecule has 2 N–H and O–H groups in total. The predicted octanol–water partition coefficient (Wildman–Crippen LogP) is 0.696. The molecule has 1 unspecified atom stereocenters. The summed E-state index contributed by atoms with van der Waals surface area (Å²) in [6.45, 7) is 3.41. The van der Waals surface area contributed by atoms with E-state index in [2.05, 4.69) is 6.58 Å². The molecule has 0 aliphatic carbocycles. The van der Waals surface area contributed by atoms with Crippen molar-refractivity contribution in [1.82, 2.24) is 0 Å². The molecule has 0 fully saturated rings. The molecule has 0 aromatic heterocycles. The zero-order valence-corrected chi connectivity index (χ0v) is 5.58. The van der Waals surface area contributed by atoms with E-state index in [0.717, 1.165) is 12.8 Å². The molecule has 2 nitrogen and oxygen atoms in total. The minimum absolute atomic E-state index is 0.128. The highest BCUT2D eigenvalue weighted by Gasteiger charge is 1.98. The third kappa shape index (κ3) is 5.53. The summed E-state index contributed by atoms with van der Waals surface area (Å²) in [4.78, 5) is 0. The first-order chi connectivity index (χ1) is 4.31. The lowest BCUT2D eigenvalue weighted by molar-refractivity contribution is 0.0869. The van der Waals surface area contributed by atoms with Crippen LogP contribution >= 0.6 is 0 Å². The van der Waals surface area contributed by atoms with Gasteiger partial charge in [0.1, 0.15) is 0 Å². The summed E-state index contributed by atoms with van der Waals surface area (Å²) >= 11 is 0. The van der Waals surface area contributed by atoms with Crippen LogP contribution in [0.4, 0.5) is 0 Å². The standard InChI is InChI=1S/C7H14O2/c1-2-3-4-5-7(9)6-8/h2,7-9H,1,3-6H2. The summed E-state index contributed by atoms with van der Waals surface area (Å²) in [7, 11) is 0. The van der Waals surface area contributed by atoms with Gasteiger partial charge in [0.05, 0.1) is 12.7 Å². The van der Waals surface area contributed by atoms with Crippen LogP contribution < -0.4 is 0 Å². The molecule has 9 heavy (non-hydrogen) atoms. The number of allylic oxidation sites excluding steroid dienone is 1. The molecule has 0 rings (SSSR count). The van der Waals surface area contributed by atoms with Gasteiger partial charge in [-0.15, -0.1) is 6.58 Å². The van der Waals surface area contributed by atoms with Gasteiger partial charge in [-0.3, -0.25) is 0 Å². The normalized spacial score (nSPS) is 13.1. The Balaban J connectivity index is 2.96. The minimum atomic E-state index is -0.537. The van der Waals surface area contributed by atoms with Crippen molar-refractivity contribution in [3.05, 3.63) is 12.7 Å². The van der Waals surface area contributed by atoms with E-state index in [1.54, 1.807) is 0 Å². The Hall–Kier alpha value is -0.340. The molecule has 0 spiro atoms. The van der Waals surface area contributed by atoms with E-state index in [1.807, 2.05) is 6.08 Å². The van der Waals surface area contributed by atoms with Crippen LogP contribution in [-0.2, 0) is 0 Å². The molecule has 54 valence electrons. The molecule has 0 radical (unpaired) electrons. The quantitative estimate of drug-likeness (QED) is 0.424. The maximum absolute atomic E-state index is 8.80. The van der Waals surface area contributed by atoms with Gasteiger partial charge in [0, 0.05) is 0 Å². The van der Waals surface area contributed by atoms with Crippen molar-refractivity contribution in [2.45, 2.75) is 25.4 Å². The lowest BCUT2D eigenvalue weighted by Crippen LogP contribution is -2.10. The van der Waals surface area contributed by atoms with Gasteiger partial charge in [0.15, 0.2) is 0 Å². The Morgan fingerprint density at radius 3 is 2.67 bits per heavy atom. The summed E-state index contributed by atoms with van der Waals surface area (Å²) in [5.41, 5.74) is 0. The van der Waals surface area contributed by atoms with Gasteiger partial charge < -0.3 is 10.2 Å². The number of unbranched alkanes of at least 4 members (excludes halogenated alkanes) is 1. The first kappa shape index (κ1) is 8.66. The molecule has 2 heteroatoms. The van der Waals surface area contributed by atoms with E-state index in [1.165, 1.54) is 0 Å². The van der Waals surface area contributed by atoms with Crippen molar-refractivity contribution >= 4 is 0 Å². The van der Waals surface area contributed by atoms with Gasteiger partial charge in [0.2, 0.25) is 0 Å². The van der Waals surface area contributed by atoms with Crippen molar-refractivity contribution in [1.29, 1.82) is 0 Å². The number of aliphatic hydroxyl groups excluding tert-OH is 2. The monoisotopic (exact) mass is 130 g/mol. The van der Waals surface area contributed by atoms with E-state index in [4.69, 9.17) is 10.2 Å². The number of rotatable bonds is 5. The van der Waals surface area contributed by atoms with Crippen LogP contribution in [0.5, 0.6) is 0 Å². The summed E-state index contributed by atoms with van der Waals surface area (Å²) < 4.78 is 0. The summed E-state index contributed by atoms with van der Waals surface area (Å²) in [6, 6.07) is 0. The SMILES string of the molecule is C=CCCCC(O)CO. The molecular formula is C7H14O2. The fourth-order valence-electron chi connectivity index (χ4n) is 0.589. The second kappa shape index (κ2) is 5.79. The van der Waals surface area contributed by atoms with E-state index in [9.17, 15) is 0 Å². The Morgan fingerprint density at radius 2 is 2.22 bits per heavy atom. The molecule has 0 saturated carbocycles. The van der Waals surface area contributed by atoms with Crippen LogP contribution in [-0.4, -0.2) is 22.9 Å². The second-order valence-electron chi connectivity index (χ2n) is 2.06. The lowest BCUT2D eigenvalue weighted by atomic mass is 10.2. The molecule has 0 heterocycles. The molecule has 0 amide bonds. The maximum atomic E-state index is 8.80. The summed E-state index contributed by atoms with van der Waals surface area (Å²) in [5, 5.41) is 17.2. The second-order valence-corrected chi connectivity index (χ2v) is 2.06. The highest BCUT2D eigenvalue weighted by molar-refractivity contribution is 4.66. The Bertz CT molecular complexity index is 71.3. The molecule has 0 aliphatic heterocycles. The Morgan fingerprint density at radius 1 is 1.56 bits per heavy atom.